The number of fused-ring (bicyclic) bond motifs is 2. The number of carbonyl (C=O) groups is 1. The predicted molar refractivity (Wildman–Crippen MR) is 126 cm³/mol. The number of aromatic amines is 1. The number of aryl methyl sites for hydroxylation is 1. The molecule has 172 valence electrons. The number of carboxylic acids is 1. The first-order chi connectivity index (χ1) is 16.3. The molecule has 5 rings (SSSR count). The van der Waals surface area contributed by atoms with Crippen LogP contribution in [0.3, 0.4) is 0 Å². The summed E-state index contributed by atoms with van der Waals surface area (Å²) < 4.78 is 9.02. The van der Waals surface area contributed by atoms with Crippen LogP contribution >= 0.6 is 11.6 Å². The van der Waals surface area contributed by atoms with E-state index in [1.807, 2.05) is 12.1 Å². The van der Waals surface area contributed by atoms with Crippen LogP contribution in [0.5, 0.6) is 5.75 Å². The van der Waals surface area contributed by atoms with Crippen LogP contribution in [0.15, 0.2) is 58.4 Å². The van der Waals surface area contributed by atoms with E-state index in [0.29, 0.717) is 28.2 Å². The molecule has 0 saturated heterocycles. The molecule has 0 radical (unpaired) electrons. The fourth-order valence-corrected chi connectivity index (χ4v) is 4.34. The Morgan fingerprint density at radius 3 is 2.59 bits per heavy atom. The second-order valence-electron chi connectivity index (χ2n) is 7.71. The van der Waals surface area contributed by atoms with Gasteiger partial charge in [-0.1, -0.05) is 23.7 Å². The Morgan fingerprint density at radius 2 is 1.91 bits per heavy atom. The smallest absolute Gasteiger partial charge is 0.354 e. The van der Waals surface area contributed by atoms with Gasteiger partial charge in [0.15, 0.2) is 16.9 Å². The summed E-state index contributed by atoms with van der Waals surface area (Å²) in [6, 6.07) is 12.1. The van der Waals surface area contributed by atoms with E-state index in [1.165, 1.54) is 17.0 Å². The third kappa shape index (κ3) is 3.27. The third-order valence-electron chi connectivity index (χ3n) is 5.74. The maximum atomic E-state index is 13.7. The molecule has 10 nitrogen and oxygen atoms in total. The molecule has 0 aliphatic heterocycles. The van der Waals surface area contributed by atoms with Crippen molar-refractivity contribution in [2.45, 2.75) is 6.54 Å². The zero-order chi connectivity index (χ0) is 24.1. The highest BCUT2D eigenvalue weighted by molar-refractivity contribution is 6.31. The van der Waals surface area contributed by atoms with Crippen LogP contribution in [-0.2, 0) is 13.6 Å². The Kier molecular flexibility index (Phi) is 5.02. The molecule has 0 fully saturated rings. The highest BCUT2D eigenvalue weighted by atomic mass is 35.5. The van der Waals surface area contributed by atoms with Crippen LogP contribution in [0.2, 0.25) is 5.02 Å². The summed E-state index contributed by atoms with van der Waals surface area (Å²) >= 11 is 6.16. The van der Waals surface area contributed by atoms with Crippen LogP contribution in [0.1, 0.15) is 16.1 Å². The lowest BCUT2D eigenvalue weighted by Gasteiger charge is -2.09. The van der Waals surface area contributed by atoms with Gasteiger partial charge in [-0.3, -0.25) is 9.78 Å². The largest absolute Gasteiger partial charge is 0.497 e. The Morgan fingerprint density at radius 1 is 1.18 bits per heavy atom. The fourth-order valence-electron chi connectivity index (χ4n) is 4.17. The van der Waals surface area contributed by atoms with Gasteiger partial charge in [-0.2, -0.15) is 0 Å². The highest BCUT2D eigenvalue weighted by Gasteiger charge is 2.26. The lowest BCUT2D eigenvalue weighted by Crippen LogP contribution is -2.35. The quantitative estimate of drug-likeness (QED) is 0.399. The first-order valence-electron chi connectivity index (χ1n) is 10.1. The number of nitrogens with zero attached hydrogens (tertiary/aromatic N) is 4. The molecule has 0 aliphatic rings. The van der Waals surface area contributed by atoms with Crippen LogP contribution in [0.4, 0.5) is 0 Å². The molecule has 0 saturated carbocycles. The Balaban J connectivity index is 1.78. The molecule has 5 aromatic rings. The second-order valence-corrected chi connectivity index (χ2v) is 8.15. The van der Waals surface area contributed by atoms with E-state index >= 15 is 0 Å². The Labute approximate surface area is 196 Å². The molecule has 0 aliphatic carbocycles. The molecule has 0 amide bonds. The van der Waals surface area contributed by atoms with E-state index in [1.54, 1.807) is 43.0 Å². The number of halogens is 1. The molecule has 0 bridgehead atoms. The van der Waals surface area contributed by atoms with Crippen LogP contribution in [0.25, 0.3) is 27.8 Å². The average Bonchev–Trinajstić information content (AvgIpc) is 3.32. The van der Waals surface area contributed by atoms with E-state index in [0.717, 1.165) is 10.1 Å². The number of carboxylic acid groups (broad SMARTS) is 1. The first kappa shape index (κ1) is 21.5. The molecular weight excluding hydrogens is 462 g/mol. The maximum absolute atomic E-state index is 13.7. The van der Waals surface area contributed by atoms with E-state index in [9.17, 15) is 19.5 Å². The van der Waals surface area contributed by atoms with E-state index < -0.39 is 17.2 Å². The Bertz CT molecular complexity index is 1710. The van der Waals surface area contributed by atoms with Crippen molar-refractivity contribution in [3.05, 3.63) is 85.9 Å². The number of benzene rings is 2. The summed E-state index contributed by atoms with van der Waals surface area (Å²) in [6.45, 7) is 0.301. The van der Waals surface area contributed by atoms with Gasteiger partial charge in [0.25, 0.3) is 5.56 Å². The van der Waals surface area contributed by atoms with Crippen molar-refractivity contribution in [3.63, 3.8) is 0 Å². The summed E-state index contributed by atoms with van der Waals surface area (Å²) in [7, 11) is 3.12. The summed E-state index contributed by atoms with van der Waals surface area (Å²) in [5.41, 5.74) is -0.152. The Hall–Kier alpha value is -4.31. The molecule has 0 atom stereocenters. The van der Waals surface area contributed by atoms with E-state index in [4.69, 9.17) is 16.3 Å². The standard InChI is InChI=1S/C23H18ClN5O5/c1-27-16-8-5-13(24)9-15(16)17(18(27)22(31)32)29-21(30)19-20(26-23(29)33)25-11-28(19)10-12-3-6-14(34-2)7-4-12/h3-9,11H,10H2,1-2H3,(H,26,33)(H,31,32). The fraction of sp³-hybridized carbons (Fsp3) is 0.130. The number of H-pyrrole nitrogens is 1. The number of imidazole rings is 1. The normalized spacial score (nSPS) is 11.4. The molecule has 34 heavy (non-hydrogen) atoms. The molecule has 3 heterocycles. The molecule has 2 N–H and O–H groups in total. The predicted octanol–water partition coefficient (Wildman–Crippen LogP) is 2.78. The third-order valence-corrected chi connectivity index (χ3v) is 5.98. The summed E-state index contributed by atoms with van der Waals surface area (Å²) in [4.78, 5) is 45.6. The summed E-state index contributed by atoms with van der Waals surface area (Å²) in [6.07, 6.45) is 1.45. The van der Waals surface area contributed by atoms with Crippen molar-refractivity contribution in [2.24, 2.45) is 7.05 Å². The minimum Gasteiger partial charge on any atom is -0.497 e. The zero-order valence-corrected chi connectivity index (χ0v) is 18.8. The number of aromatic carboxylic acids is 1. The number of aromatic nitrogens is 5. The van der Waals surface area contributed by atoms with Crippen molar-refractivity contribution >= 4 is 39.6 Å². The lowest BCUT2D eigenvalue weighted by atomic mass is 10.2. The van der Waals surface area contributed by atoms with Crippen LogP contribution in [-0.4, -0.2) is 41.9 Å². The van der Waals surface area contributed by atoms with E-state index in [2.05, 4.69) is 9.97 Å². The number of methoxy groups -OCH3 is 1. The van der Waals surface area contributed by atoms with Gasteiger partial charge in [0, 0.05) is 24.0 Å². The minimum absolute atomic E-state index is 0.0575. The van der Waals surface area contributed by atoms with Gasteiger partial charge in [-0.25, -0.2) is 19.1 Å². The molecule has 3 aromatic heterocycles. The molecular formula is C23H18ClN5O5. The van der Waals surface area contributed by atoms with Crippen LogP contribution < -0.4 is 16.0 Å². The van der Waals surface area contributed by atoms with Gasteiger partial charge in [0.2, 0.25) is 0 Å². The number of ether oxygens (including phenoxy) is 1. The second kappa shape index (κ2) is 7.92. The van der Waals surface area contributed by atoms with Crippen LogP contribution in [0, 0.1) is 0 Å². The topological polar surface area (TPSA) is 124 Å². The first-order valence-corrected chi connectivity index (χ1v) is 10.5. The number of rotatable bonds is 5. The van der Waals surface area contributed by atoms with Gasteiger partial charge >= 0.3 is 11.7 Å². The summed E-state index contributed by atoms with van der Waals surface area (Å²) in [5.74, 6) is -0.593. The lowest BCUT2D eigenvalue weighted by molar-refractivity contribution is 0.0687. The van der Waals surface area contributed by atoms with Gasteiger partial charge < -0.3 is 19.0 Å². The number of nitrogens with one attached hydrogen (secondary N) is 1. The van der Waals surface area contributed by atoms with E-state index in [-0.39, 0.29) is 22.5 Å². The molecule has 0 spiro atoms. The maximum Gasteiger partial charge on any atom is 0.354 e. The van der Waals surface area contributed by atoms with Crippen molar-refractivity contribution in [1.29, 1.82) is 0 Å². The average molecular weight is 480 g/mol. The van der Waals surface area contributed by atoms with Crippen molar-refractivity contribution in [2.75, 3.05) is 7.11 Å². The SMILES string of the molecule is COc1ccc(Cn2cnc3[nH]c(=O)n(-c4c(C(=O)O)n(C)c5ccc(Cl)cc45)c(=O)c32)cc1. The molecule has 2 aromatic carbocycles. The van der Waals surface area contributed by atoms with Gasteiger partial charge in [-0.15, -0.1) is 0 Å². The highest BCUT2D eigenvalue weighted by Crippen LogP contribution is 2.30. The number of hydrogen-bond donors (Lipinski definition) is 2. The zero-order valence-electron chi connectivity index (χ0n) is 18.1. The molecule has 0 unspecified atom stereocenters. The monoisotopic (exact) mass is 479 g/mol. The van der Waals surface area contributed by atoms with Gasteiger partial charge in [0.05, 0.1) is 24.6 Å². The van der Waals surface area contributed by atoms with Gasteiger partial charge in [0.1, 0.15) is 5.75 Å². The van der Waals surface area contributed by atoms with Crippen molar-refractivity contribution < 1.29 is 14.6 Å². The van der Waals surface area contributed by atoms with Crippen molar-refractivity contribution in [1.82, 2.24) is 23.7 Å². The number of hydrogen-bond acceptors (Lipinski definition) is 5. The minimum atomic E-state index is -1.29. The van der Waals surface area contributed by atoms with Gasteiger partial charge in [-0.05, 0) is 35.9 Å². The molecule has 11 heteroatoms. The summed E-state index contributed by atoms with van der Waals surface area (Å²) in [5, 5.41) is 10.6. The van der Waals surface area contributed by atoms with Crippen molar-refractivity contribution in [3.8, 4) is 11.4 Å².